The van der Waals surface area contributed by atoms with Crippen LogP contribution in [-0.4, -0.2) is 60.9 Å². The summed E-state index contributed by atoms with van der Waals surface area (Å²) in [6, 6.07) is 7.55. The minimum absolute atomic E-state index is 0.0597. The Morgan fingerprint density at radius 2 is 2.04 bits per heavy atom. The molecule has 0 bridgehead atoms. The average Bonchev–Trinajstić information content (AvgIpc) is 2.53. The van der Waals surface area contributed by atoms with Crippen LogP contribution in [0.15, 0.2) is 24.3 Å². The Kier molecular flexibility index (Phi) is 5.18. The molecule has 0 aromatic heterocycles. The van der Waals surface area contributed by atoms with Crippen LogP contribution in [0, 0.1) is 5.92 Å². The highest BCUT2D eigenvalue weighted by Gasteiger charge is 2.33. The first-order valence-electron chi connectivity index (χ1n) is 8.13. The van der Waals surface area contributed by atoms with Gasteiger partial charge in [-0.15, -0.1) is 0 Å². The predicted molar refractivity (Wildman–Crippen MR) is 89.5 cm³/mol. The van der Waals surface area contributed by atoms with Gasteiger partial charge in [-0.3, -0.25) is 14.5 Å². The van der Waals surface area contributed by atoms with Crippen LogP contribution in [0.1, 0.15) is 23.2 Å². The molecule has 5 nitrogen and oxygen atoms in total. The topological polar surface area (TPSA) is 52.7 Å². The maximum absolute atomic E-state index is 12.1. The van der Waals surface area contributed by atoms with Crippen LogP contribution in [0.3, 0.4) is 0 Å². The Morgan fingerprint density at radius 1 is 1.30 bits per heavy atom. The summed E-state index contributed by atoms with van der Waals surface area (Å²) in [5.74, 6) is 0.465. The second kappa shape index (κ2) is 7.32. The number of rotatable bonds is 5. The summed E-state index contributed by atoms with van der Waals surface area (Å²) in [5, 5.41) is 3.59. The molecule has 124 valence electrons. The van der Waals surface area contributed by atoms with E-state index in [1.807, 2.05) is 4.90 Å². The highest BCUT2D eigenvalue weighted by Crippen LogP contribution is 2.22. The molecule has 3 rings (SSSR count). The van der Waals surface area contributed by atoms with E-state index in [0.717, 1.165) is 45.4 Å². The summed E-state index contributed by atoms with van der Waals surface area (Å²) in [4.78, 5) is 27.0. The zero-order valence-corrected chi connectivity index (χ0v) is 13.8. The lowest BCUT2D eigenvalue weighted by Crippen LogP contribution is -2.60. The molecule has 1 aromatic carbocycles. The van der Waals surface area contributed by atoms with Gasteiger partial charge in [-0.25, -0.2) is 0 Å². The van der Waals surface area contributed by atoms with Crippen molar-refractivity contribution in [1.82, 2.24) is 15.1 Å². The zero-order valence-electron chi connectivity index (χ0n) is 13.1. The maximum Gasteiger partial charge on any atom is 0.251 e. The first-order chi connectivity index (χ1) is 11.2. The van der Waals surface area contributed by atoms with E-state index in [1.165, 1.54) is 0 Å². The van der Waals surface area contributed by atoms with Crippen molar-refractivity contribution in [1.29, 1.82) is 0 Å². The fourth-order valence-electron chi connectivity index (χ4n) is 3.30. The van der Waals surface area contributed by atoms with Crippen LogP contribution in [0.5, 0.6) is 0 Å². The smallest absolute Gasteiger partial charge is 0.251 e. The molecule has 2 aliphatic rings. The molecule has 0 aliphatic carbocycles. The number of piperidine rings is 1. The van der Waals surface area contributed by atoms with Crippen molar-refractivity contribution in [3.63, 3.8) is 0 Å². The fraction of sp³-hybridized carbons (Fsp3) is 0.529. The molecule has 6 heteroatoms. The van der Waals surface area contributed by atoms with E-state index < -0.39 is 0 Å². The lowest BCUT2D eigenvalue weighted by atomic mass is 9.94. The maximum atomic E-state index is 12.1. The van der Waals surface area contributed by atoms with Crippen LogP contribution in [0.2, 0.25) is 5.02 Å². The second-order valence-corrected chi connectivity index (χ2v) is 6.85. The monoisotopic (exact) mass is 335 g/mol. The van der Waals surface area contributed by atoms with Gasteiger partial charge in [0, 0.05) is 36.3 Å². The van der Waals surface area contributed by atoms with Gasteiger partial charge in [-0.2, -0.15) is 0 Å². The lowest BCUT2D eigenvalue weighted by Gasteiger charge is -2.46. The summed E-state index contributed by atoms with van der Waals surface area (Å²) < 4.78 is 0. The minimum Gasteiger partial charge on any atom is -0.352 e. The van der Waals surface area contributed by atoms with E-state index in [4.69, 9.17) is 11.6 Å². The number of benzene rings is 1. The lowest BCUT2D eigenvalue weighted by molar-refractivity contribution is -0.125. The molecule has 2 aliphatic heterocycles. The molecule has 0 unspecified atom stereocenters. The minimum atomic E-state index is -0.0597. The van der Waals surface area contributed by atoms with Gasteiger partial charge in [0.25, 0.3) is 5.91 Å². The number of halogens is 1. The Labute approximate surface area is 141 Å². The standard InChI is InChI=1S/C17H22ClN3O2/c18-15-3-1-2-14(8-15)17(23)19-9-13-4-6-21(7-5-13)16-10-20(11-16)12-22/h1-3,8,12-13,16H,4-7,9-11H2,(H,19,23). The third-order valence-corrected chi connectivity index (χ3v) is 5.08. The Morgan fingerprint density at radius 3 is 2.70 bits per heavy atom. The normalized spacial score (nSPS) is 20.1. The van der Waals surface area contributed by atoms with Crippen LogP contribution < -0.4 is 5.32 Å². The van der Waals surface area contributed by atoms with Gasteiger partial charge >= 0.3 is 0 Å². The zero-order chi connectivity index (χ0) is 16.2. The molecule has 0 atom stereocenters. The van der Waals surface area contributed by atoms with E-state index in [2.05, 4.69) is 10.2 Å². The molecule has 0 radical (unpaired) electrons. The number of amides is 2. The van der Waals surface area contributed by atoms with Crippen molar-refractivity contribution in [2.75, 3.05) is 32.7 Å². The average molecular weight is 336 g/mol. The molecular formula is C17H22ClN3O2. The first-order valence-corrected chi connectivity index (χ1v) is 8.50. The number of carbonyl (C=O) groups excluding carboxylic acids is 2. The number of hydrogen-bond donors (Lipinski definition) is 1. The van der Waals surface area contributed by atoms with Gasteiger partial charge < -0.3 is 10.2 Å². The van der Waals surface area contributed by atoms with Crippen molar-refractivity contribution in [2.24, 2.45) is 5.92 Å². The van der Waals surface area contributed by atoms with E-state index in [-0.39, 0.29) is 5.91 Å². The number of likely N-dealkylation sites (tertiary alicyclic amines) is 2. The molecule has 0 saturated carbocycles. The van der Waals surface area contributed by atoms with Gasteiger partial charge in [0.2, 0.25) is 6.41 Å². The summed E-state index contributed by atoms with van der Waals surface area (Å²) in [5.41, 5.74) is 0.610. The summed E-state index contributed by atoms with van der Waals surface area (Å²) in [6.07, 6.45) is 3.11. The van der Waals surface area contributed by atoms with Crippen molar-refractivity contribution < 1.29 is 9.59 Å². The van der Waals surface area contributed by atoms with Gasteiger partial charge in [0.15, 0.2) is 0 Å². The quantitative estimate of drug-likeness (QED) is 0.832. The van der Waals surface area contributed by atoms with Crippen molar-refractivity contribution in [3.05, 3.63) is 34.9 Å². The van der Waals surface area contributed by atoms with E-state index in [0.29, 0.717) is 29.1 Å². The van der Waals surface area contributed by atoms with Crippen molar-refractivity contribution >= 4 is 23.9 Å². The molecule has 2 amide bonds. The van der Waals surface area contributed by atoms with Gasteiger partial charge in [0.1, 0.15) is 0 Å². The summed E-state index contributed by atoms with van der Waals surface area (Å²) in [7, 11) is 0. The van der Waals surface area contributed by atoms with Crippen molar-refractivity contribution in [2.45, 2.75) is 18.9 Å². The van der Waals surface area contributed by atoms with Crippen LogP contribution >= 0.6 is 11.6 Å². The van der Waals surface area contributed by atoms with E-state index >= 15 is 0 Å². The Balaban J connectivity index is 1.39. The van der Waals surface area contributed by atoms with Crippen LogP contribution in [-0.2, 0) is 4.79 Å². The molecule has 1 aromatic rings. The molecule has 23 heavy (non-hydrogen) atoms. The molecular weight excluding hydrogens is 314 g/mol. The molecule has 0 spiro atoms. The van der Waals surface area contributed by atoms with E-state index in [1.54, 1.807) is 24.3 Å². The van der Waals surface area contributed by atoms with Crippen LogP contribution in [0.25, 0.3) is 0 Å². The van der Waals surface area contributed by atoms with Gasteiger partial charge in [-0.1, -0.05) is 17.7 Å². The number of carbonyl (C=O) groups is 2. The third-order valence-electron chi connectivity index (χ3n) is 4.84. The second-order valence-electron chi connectivity index (χ2n) is 6.41. The van der Waals surface area contributed by atoms with Crippen LogP contribution in [0.4, 0.5) is 0 Å². The number of hydrogen-bond acceptors (Lipinski definition) is 3. The number of nitrogens with zero attached hydrogens (tertiary/aromatic N) is 2. The summed E-state index contributed by atoms with van der Waals surface area (Å²) in [6.45, 7) is 4.54. The number of nitrogens with one attached hydrogen (secondary N) is 1. The predicted octanol–water partition coefficient (Wildman–Crippen LogP) is 1.62. The molecule has 2 saturated heterocycles. The first kappa shape index (κ1) is 16.3. The Hall–Kier alpha value is -1.59. The van der Waals surface area contributed by atoms with Gasteiger partial charge in [-0.05, 0) is 50.0 Å². The molecule has 2 heterocycles. The highest BCUT2D eigenvalue weighted by molar-refractivity contribution is 6.30. The molecule has 1 N–H and O–H groups in total. The largest absolute Gasteiger partial charge is 0.352 e. The highest BCUT2D eigenvalue weighted by atomic mass is 35.5. The summed E-state index contributed by atoms with van der Waals surface area (Å²) >= 11 is 5.91. The Bertz CT molecular complexity index is 567. The molecule has 2 fully saturated rings. The third kappa shape index (κ3) is 4.03. The van der Waals surface area contributed by atoms with E-state index in [9.17, 15) is 9.59 Å². The fourth-order valence-corrected chi connectivity index (χ4v) is 3.49. The SMILES string of the molecule is O=CN1CC(N2CCC(CNC(=O)c3cccc(Cl)c3)CC2)C1. The van der Waals surface area contributed by atoms with Gasteiger partial charge in [0.05, 0.1) is 0 Å². The van der Waals surface area contributed by atoms with Crippen molar-refractivity contribution in [3.8, 4) is 0 Å².